The number of hydrogen-bond donors (Lipinski definition) is 0. The molecule has 0 aromatic carbocycles. The van der Waals surface area contributed by atoms with Crippen molar-refractivity contribution in [3.8, 4) is 10.6 Å². The summed E-state index contributed by atoms with van der Waals surface area (Å²) in [6.07, 6.45) is -0.210. The number of thiophene rings is 1. The molecule has 4 aromatic heterocycles. The smallest absolute Gasteiger partial charge is 0.330 e. The lowest BCUT2D eigenvalue weighted by molar-refractivity contribution is -0.142. The topological polar surface area (TPSA) is 68.3 Å². The summed E-state index contributed by atoms with van der Waals surface area (Å²) < 4.78 is 43.9. The SMILES string of the molecule is CCn1nccc1C1CCCN1C(=O)c1cnn2c(C(F)(F)F)cc(-c3cccs3)nc12. The van der Waals surface area contributed by atoms with Gasteiger partial charge in [0, 0.05) is 19.3 Å². The highest BCUT2D eigenvalue weighted by Crippen LogP contribution is 2.36. The van der Waals surface area contributed by atoms with Crippen LogP contribution in [0.3, 0.4) is 0 Å². The van der Waals surface area contributed by atoms with Gasteiger partial charge in [-0.25, -0.2) is 9.50 Å². The Kier molecular flexibility index (Phi) is 5.00. The van der Waals surface area contributed by atoms with Crippen LogP contribution < -0.4 is 0 Å². The standard InChI is InChI=1S/C21H19F3N6OS/c1-2-29-16(7-8-25-29)15-5-3-9-28(15)20(31)13-12-26-30-18(21(22,23)24)11-14(27-19(13)30)17-6-4-10-32-17/h4,6-8,10-12,15H,2-3,5,9H2,1H3. The van der Waals surface area contributed by atoms with E-state index in [0.29, 0.717) is 22.5 Å². The molecule has 1 saturated heterocycles. The minimum atomic E-state index is -4.65. The van der Waals surface area contributed by atoms with Gasteiger partial charge in [-0.2, -0.15) is 23.4 Å². The van der Waals surface area contributed by atoms with Crippen LogP contribution in [0.4, 0.5) is 13.2 Å². The third-order valence-corrected chi connectivity index (χ3v) is 6.56. The molecule has 5 heterocycles. The van der Waals surface area contributed by atoms with Crippen LogP contribution in [0.1, 0.15) is 47.6 Å². The van der Waals surface area contributed by atoms with Crippen LogP contribution in [-0.2, 0) is 12.7 Å². The molecule has 1 fully saturated rings. The van der Waals surface area contributed by atoms with Crippen molar-refractivity contribution in [2.45, 2.75) is 38.5 Å². The lowest BCUT2D eigenvalue weighted by atomic mass is 10.1. The van der Waals surface area contributed by atoms with Crippen LogP contribution in [-0.4, -0.2) is 41.7 Å². The minimum Gasteiger partial charge on any atom is -0.330 e. The van der Waals surface area contributed by atoms with Crippen molar-refractivity contribution in [2.24, 2.45) is 0 Å². The zero-order valence-electron chi connectivity index (χ0n) is 17.1. The summed E-state index contributed by atoms with van der Waals surface area (Å²) in [5.74, 6) is -0.379. The number of fused-ring (bicyclic) bond motifs is 1. The first-order valence-corrected chi connectivity index (χ1v) is 11.1. The molecule has 1 aliphatic rings. The maximum absolute atomic E-state index is 13.8. The van der Waals surface area contributed by atoms with E-state index in [1.165, 1.54) is 17.5 Å². The lowest BCUT2D eigenvalue weighted by Crippen LogP contribution is -2.31. The third-order valence-electron chi connectivity index (χ3n) is 5.67. The number of hydrogen-bond acceptors (Lipinski definition) is 5. The van der Waals surface area contributed by atoms with Gasteiger partial charge in [0.1, 0.15) is 5.56 Å². The zero-order chi connectivity index (χ0) is 22.5. The minimum absolute atomic E-state index is 0.0587. The molecule has 0 N–H and O–H groups in total. The molecule has 5 rings (SSSR count). The Morgan fingerprint density at radius 2 is 2.12 bits per heavy atom. The number of amides is 1. The number of nitrogens with zero attached hydrogens (tertiary/aromatic N) is 6. The van der Waals surface area contributed by atoms with Gasteiger partial charge in [0.25, 0.3) is 5.91 Å². The Labute approximate surface area is 185 Å². The molecular weight excluding hydrogens is 441 g/mol. The van der Waals surface area contributed by atoms with E-state index in [1.807, 2.05) is 17.7 Å². The Hall–Kier alpha value is -3.21. The van der Waals surface area contributed by atoms with Crippen LogP contribution in [0.2, 0.25) is 0 Å². The first-order valence-electron chi connectivity index (χ1n) is 10.2. The largest absolute Gasteiger partial charge is 0.433 e. The molecule has 4 aromatic rings. The van der Waals surface area contributed by atoms with Crippen molar-refractivity contribution in [1.82, 2.24) is 29.3 Å². The molecule has 32 heavy (non-hydrogen) atoms. The summed E-state index contributed by atoms with van der Waals surface area (Å²) >= 11 is 1.28. The van der Waals surface area contributed by atoms with Crippen molar-refractivity contribution < 1.29 is 18.0 Å². The predicted molar refractivity (Wildman–Crippen MR) is 112 cm³/mol. The molecule has 0 spiro atoms. The highest BCUT2D eigenvalue weighted by Gasteiger charge is 2.38. The number of aryl methyl sites for hydroxylation is 1. The second-order valence-corrected chi connectivity index (χ2v) is 8.47. The first kappa shape index (κ1) is 20.7. The van der Waals surface area contributed by atoms with E-state index >= 15 is 0 Å². The fourth-order valence-electron chi connectivity index (χ4n) is 4.23. The number of aromatic nitrogens is 5. The summed E-state index contributed by atoms with van der Waals surface area (Å²) in [6, 6.07) is 6.10. The number of rotatable bonds is 4. The Morgan fingerprint density at radius 3 is 2.84 bits per heavy atom. The number of likely N-dealkylation sites (tertiary alicyclic amines) is 1. The molecular formula is C21H19F3N6OS. The molecule has 1 aliphatic heterocycles. The lowest BCUT2D eigenvalue weighted by Gasteiger charge is -2.25. The molecule has 0 bridgehead atoms. The van der Waals surface area contributed by atoms with Gasteiger partial charge in [0.2, 0.25) is 0 Å². The number of carbonyl (C=O) groups is 1. The van der Waals surface area contributed by atoms with E-state index in [1.54, 1.807) is 28.6 Å². The van der Waals surface area contributed by atoms with Gasteiger partial charge >= 0.3 is 6.18 Å². The first-order chi connectivity index (χ1) is 15.4. The van der Waals surface area contributed by atoms with Gasteiger partial charge in [-0.15, -0.1) is 11.3 Å². The Balaban J connectivity index is 1.61. The summed E-state index contributed by atoms with van der Waals surface area (Å²) in [6.45, 7) is 3.14. The van der Waals surface area contributed by atoms with Crippen LogP contribution >= 0.6 is 11.3 Å². The van der Waals surface area contributed by atoms with Gasteiger partial charge in [0.15, 0.2) is 11.3 Å². The second-order valence-electron chi connectivity index (χ2n) is 7.52. The summed E-state index contributed by atoms with van der Waals surface area (Å²) in [5, 5.41) is 9.95. The van der Waals surface area contributed by atoms with E-state index in [4.69, 9.17) is 0 Å². The molecule has 11 heteroatoms. The Morgan fingerprint density at radius 1 is 1.28 bits per heavy atom. The summed E-state index contributed by atoms with van der Waals surface area (Å²) in [7, 11) is 0. The van der Waals surface area contributed by atoms with Crippen molar-refractivity contribution in [3.63, 3.8) is 0 Å². The van der Waals surface area contributed by atoms with Gasteiger partial charge in [-0.3, -0.25) is 9.48 Å². The quantitative estimate of drug-likeness (QED) is 0.444. The van der Waals surface area contributed by atoms with Crippen LogP contribution in [0.5, 0.6) is 0 Å². The second kappa shape index (κ2) is 7.73. The highest BCUT2D eigenvalue weighted by atomic mass is 32.1. The Bertz CT molecular complexity index is 1280. The van der Waals surface area contributed by atoms with Crippen LogP contribution in [0.25, 0.3) is 16.2 Å². The van der Waals surface area contributed by atoms with Crippen molar-refractivity contribution in [2.75, 3.05) is 6.54 Å². The van der Waals surface area contributed by atoms with E-state index in [9.17, 15) is 18.0 Å². The van der Waals surface area contributed by atoms with Gasteiger partial charge < -0.3 is 4.90 Å². The predicted octanol–water partition coefficient (Wildman–Crippen LogP) is 4.67. The van der Waals surface area contributed by atoms with Gasteiger partial charge in [-0.1, -0.05) is 6.07 Å². The van der Waals surface area contributed by atoms with E-state index in [-0.39, 0.29) is 28.9 Å². The van der Waals surface area contributed by atoms with E-state index in [2.05, 4.69) is 15.2 Å². The summed E-state index contributed by atoms with van der Waals surface area (Å²) in [5.41, 5.74) is 0.0765. The molecule has 0 saturated carbocycles. The molecule has 0 radical (unpaired) electrons. The maximum atomic E-state index is 13.8. The summed E-state index contributed by atoms with van der Waals surface area (Å²) in [4.78, 5) is 20.2. The normalized spacial score (nSPS) is 16.9. The number of alkyl halides is 3. The molecule has 7 nitrogen and oxygen atoms in total. The molecule has 0 aliphatic carbocycles. The van der Waals surface area contributed by atoms with Gasteiger partial charge in [0.05, 0.1) is 28.5 Å². The van der Waals surface area contributed by atoms with E-state index in [0.717, 1.165) is 24.6 Å². The molecule has 1 amide bonds. The molecule has 166 valence electrons. The zero-order valence-corrected chi connectivity index (χ0v) is 17.9. The fourth-order valence-corrected chi connectivity index (χ4v) is 4.91. The molecule has 1 unspecified atom stereocenters. The van der Waals surface area contributed by atoms with Crippen molar-refractivity contribution in [1.29, 1.82) is 0 Å². The third kappa shape index (κ3) is 3.36. The van der Waals surface area contributed by atoms with Crippen LogP contribution in [0.15, 0.2) is 42.0 Å². The molecule has 1 atom stereocenters. The van der Waals surface area contributed by atoms with E-state index < -0.39 is 11.9 Å². The number of carbonyl (C=O) groups excluding carboxylic acids is 1. The monoisotopic (exact) mass is 460 g/mol. The average molecular weight is 460 g/mol. The van der Waals surface area contributed by atoms with Gasteiger partial charge in [-0.05, 0) is 43.3 Å². The fraction of sp³-hybridized carbons (Fsp3) is 0.333. The average Bonchev–Trinajstić information content (AvgIpc) is 3.56. The maximum Gasteiger partial charge on any atom is 0.433 e. The van der Waals surface area contributed by atoms with Crippen molar-refractivity contribution >= 4 is 22.9 Å². The highest BCUT2D eigenvalue weighted by molar-refractivity contribution is 7.13. The van der Waals surface area contributed by atoms with Crippen LogP contribution in [0, 0.1) is 0 Å². The van der Waals surface area contributed by atoms with Crippen molar-refractivity contribution in [3.05, 3.63) is 59.0 Å². The number of halogens is 3.